The summed E-state index contributed by atoms with van der Waals surface area (Å²) < 4.78 is 5.77. The molecule has 3 rings (SSSR count). The molecule has 2 saturated heterocycles. The van der Waals surface area contributed by atoms with Crippen LogP contribution in [0.1, 0.15) is 40.0 Å². The van der Waals surface area contributed by atoms with Crippen LogP contribution in [0.3, 0.4) is 0 Å². The van der Waals surface area contributed by atoms with Gasteiger partial charge in [-0.05, 0) is 26.2 Å². The quantitative estimate of drug-likeness (QED) is 0.813. The van der Waals surface area contributed by atoms with Crippen molar-refractivity contribution in [1.29, 1.82) is 0 Å². The fourth-order valence-corrected chi connectivity index (χ4v) is 4.43. The minimum absolute atomic E-state index is 0.0241. The molecule has 3 aliphatic rings. The maximum absolute atomic E-state index is 12.5. The van der Waals surface area contributed by atoms with Crippen LogP contribution in [0.5, 0.6) is 0 Å². The van der Waals surface area contributed by atoms with Crippen LogP contribution in [0, 0.1) is 17.3 Å². The van der Waals surface area contributed by atoms with Gasteiger partial charge in [0.05, 0.1) is 12.2 Å². The van der Waals surface area contributed by atoms with Crippen LogP contribution in [0.4, 0.5) is 4.79 Å². The minimum Gasteiger partial charge on any atom is -0.393 e. The molecule has 0 bridgehead atoms. The molecule has 2 amide bonds. The summed E-state index contributed by atoms with van der Waals surface area (Å²) in [6, 6.07) is 0.244. The van der Waals surface area contributed by atoms with E-state index in [1.165, 1.54) is 0 Å². The summed E-state index contributed by atoms with van der Waals surface area (Å²) in [5.41, 5.74) is 0.0241. The second kappa shape index (κ2) is 5.43. The van der Waals surface area contributed by atoms with Crippen molar-refractivity contribution >= 4 is 6.03 Å². The Morgan fingerprint density at radius 1 is 1.43 bits per heavy atom. The summed E-state index contributed by atoms with van der Waals surface area (Å²) in [7, 11) is 0. The van der Waals surface area contributed by atoms with E-state index in [2.05, 4.69) is 19.2 Å². The van der Waals surface area contributed by atoms with Gasteiger partial charge in [0.15, 0.2) is 0 Å². The zero-order valence-corrected chi connectivity index (χ0v) is 13.3. The molecule has 2 N–H and O–H groups in total. The first kappa shape index (κ1) is 15.1. The number of ether oxygens (including phenoxy) is 1. The molecule has 0 aromatic rings. The third-order valence-corrected chi connectivity index (χ3v) is 5.81. The van der Waals surface area contributed by atoms with Gasteiger partial charge < -0.3 is 20.1 Å². The maximum Gasteiger partial charge on any atom is 0.317 e. The van der Waals surface area contributed by atoms with E-state index < -0.39 is 0 Å². The standard InChI is InChI=1S/C16H28N2O3/c1-10(19)11-5-4-7-18(9-11)15(20)17-13-12-6-8-21-14(12)16(13,2)3/h10-14,19H,4-9H2,1-3H3,(H,17,20). The summed E-state index contributed by atoms with van der Waals surface area (Å²) in [4.78, 5) is 14.4. The Morgan fingerprint density at radius 2 is 2.19 bits per heavy atom. The molecule has 1 aliphatic carbocycles. The van der Waals surface area contributed by atoms with E-state index in [0.29, 0.717) is 18.6 Å². The number of aliphatic hydroxyl groups excluding tert-OH is 1. The number of rotatable bonds is 2. The van der Waals surface area contributed by atoms with Gasteiger partial charge in [0.1, 0.15) is 0 Å². The normalized spacial score (nSPS) is 39.3. The van der Waals surface area contributed by atoms with E-state index in [0.717, 1.165) is 32.4 Å². The summed E-state index contributed by atoms with van der Waals surface area (Å²) in [6.07, 6.45) is 3.00. The largest absolute Gasteiger partial charge is 0.393 e. The van der Waals surface area contributed by atoms with Crippen LogP contribution in [-0.4, -0.2) is 54.0 Å². The predicted octanol–water partition coefficient (Wildman–Crippen LogP) is 1.60. The molecule has 21 heavy (non-hydrogen) atoms. The molecule has 5 atom stereocenters. The number of amides is 2. The van der Waals surface area contributed by atoms with E-state index in [1.54, 1.807) is 0 Å². The number of piperidine rings is 1. The van der Waals surface area contributed by atoms with Crippen molar-refractivity contribution in [2.45, 2.75) is 58.3 Å². The predicted molar refractivity (Wildman–Crippen MR) is 79.9 cm³/mol. The first-order valence-electron chi connectivity index (χ1n) is 8.26. The van der Waals surface area contributed by atoms with Gasteiger partial charge in [-0.1, -0.05) is 13.8 Å². The summed E-state index contributed by atoms with van der Waals surface area (Å²) in [6.45, 7) is 8.47. The molecule has 5 nitrogen and oxygen atoms in total. The molecular weight excluding hydrogens is 268 g/mol. The van der Waals surface area contributed by atoms with E-state index >= 15 is 0 Å². The molecule has 120 valence electrons. The number of carbonyl (C=O) groups excluding carboxylic acids is 1. The van der Waals surface area contributed by atoms with Crippen molar-refractivity contribution in [2.24, 2.45) is 17.3 Å². The van der Waals surface area contributed by atoms with Gasteiger partial charge in [0.2, 0.25) is 0 Å². The third-order valence-electron chi connectivity index (χ3n) is 5.81. The third kappa shape index (κ3) is 2.55. The van der Waals surface area contributed by atoms with Crippen molar-refractivity contribution in [3.8, 4) is 0 Å². The lowest BCUT2D eigenvalue weighted by molar-refractivity contribution is -0.109. The lowest BCUT2D eigenvalue weighted by Gasteiger charge is -2.55. The number of fused-ring (bicyclic) bond motifs is 1. The average Bonchev–Trinajstić information content (AvgIpc) is 2.91. The molecule has 5 heteroatoms. The van der Waals surface area contributed by atoms with E-state index in [1.807, 2.05) is 11.8 Å². The number of nitrogens with one attached hydrogen (secondary N) is 1. The fraction of sp³-hybridized carbons (Fsp3) is 0.938. The van der Waals surface area contributed by atoms with Crippen molar-refractivity contribution in [3.63, 3.8) is 0 Å². The highest BCUT2D eigenvalue weighted by atomic mass is 16.5. The van der Waals surface area contributed by atoms with E-state index in [-0.39, 0.29) is 29.5 Å². The SMILES string of the molecule is CC(O)C1CCCN(C(=O)NC2C3CCOC3C2(C)C)C1. The van der Waals surface area contributed by atoms with Gasteiger partial charge in [-0.15, -0.1) is 0 Å². The Hall–Kier alpha value is -0.810. The smallest absolute Gasteiger partial charge is 0.317 e. The Kier molecular flexibility index (Phi) is 3.91. The number of carbonyl (C=O) groups is 1. The highest BCUT2D eigenvalue weighted by molar-refractivity contribution is 5.75. The van der Waals surface area contributed by atoms with Gasteiger partial charge in [-0.2, -0.15) is 0 Å². The summed E-state index contributed by atoms with van der Waals surface area (Å²) in [5.74, 6) is 0.683. The highest BCUT2D eigenvalue weighted by Crippen LogP contribution is 2.52. The second-order valence-electron chi connectivity index (χ2n) is 7.58. The fourth-order valence-electron chi connectivity index (χ4n) is 4.43. The minimum atomic E-state index is -0.339. The molecule has 0 spiro atoms. The van der Waals surface area contributed by atoms with Gasteiger partial charge in [0.25, 0.3) is 0 Å². The first-order chi connectivity index (χ1) is 9.91. The molecule has 0 aromatic heterocycles. The number of urea groups is 1. The zero-order valence-electron chi connectivity index (χ0n) is 13.3. The summed E-state index contributed by atoms with van der Waals surface area (Å²) in [5, 5.41) is 13.0. The lowest BCUT2D eigenvalue weighted by atomic mass is 9.57. The molecular formula is C16H28N2O3. The van der Waals surface area contributed by atoms with E-state index in [9.17, 15) is 9.90 Å². The van der Waals surface area contributed by atoms with Crippen LogP contribution in [0.25, 0.3) is 0 Å². The number of nitrogens with zero attached hydrogens (tertiary/aromatic N) is 1. The molecule has 0 aromatic carbocycles. The molecule has 5 unspecified atom stereocenters. The van der Waals surface area contributed by atoms with Crippen molar-refractivity contribution in [2.75, 3.05) is 19.7 Å². The number of hydrogen-bond donors (Lipinski definition) is 2. The van der Waals surface area contributed by atoms with Gasteiger partial charge in [-0.25, -0.2) is 4.79 Å². The second-order valence-corrected chi connectivity index (χ2v) is 7.58. The molecule has 2 heterocycles. The lowest BCUT2D eigenvalue weighted by Crippen LogP contribution is -2.68. The molecule has 0 radical (unpaired) electrons. The first-order valence-corrected chi connectivity index (χ1v) is 8.26. The molecule has 2 aliphatic heterocycles. The number of hydrogen-bond acceptors (Lipinski definition) is 3. The number of aliphatic hydroxyl groups is 1. The van der Waals surface area contributed by atoms with Crippen LogP contribution < -0.4 is 5.32 Å². The van der Waals surface area contributed by atoms with E-state index in [4.69, 9.17) is 4.74 Å². The Morgan fingerprint density at radius 3 is 2.90 bits per heavy atom. The van der Waals surface area contributed by atoms with Crippen molar-refractivity contribution < 1.29 is 14.6 Å². The topological polar surface area (TPSA) is 61.8 Å². The van der Waals surface area contributed by atoms with Gasteiger partial charge in [0, 0.05) is 43.0 Å². The Bertz CT molecular complexity index is 410. The van der Waals surface area contributed by atoms with Crippen LogP contribution in [0.2, 0.25) is 0 Å². The van der Waals surface area contributed by atoms with Crippen molar-refractivity contribution in [1.82, 2.24) is 10.2 Å². The van der Waals surface area contributed by atoms with Crippen molar-refractivity contribution in [3.05, 3.63) is 0 Å². The summed E-state index contributed by atoms with van der Waals surface area (Å²) >= 11 is 0. The molecule has 1 saturated carbocycles. The number of likely N-dealkylation sites (tertiary alicyclic amines) is 1. The van der Waals surface area contributed by atoms with Gasteiger partial charge >= 0.3 is 6.03 Å². The van der Waals surface area contributed by atoms with Crippen LogP contribution in [0.15, 0.2) is 0 Å². The average molecular weight is 296 g/mol. The van der Waals surface area contributed by atoms with Crippen LogP contribution in [-0.2, 0) is 4.74 Å². The zero-order chi connectivity index (χ0) is 15.2. The molecule has 3 fully saturated rings. The van der Waals surface area contributed by atoms with Gasteiger partial charge in [-0.3, -0.25) is 0 Å². The Labute approximate surface area is 127 Å². The van der Waals surface area contributed by atoms with Crippen LogP contribution >= 0.6 is 0 Å². The maximum atomic E-state index is 12.5. The monoisotopic (exact) mass is 296 g/mol. The highest BCUT2D eigenvalue weighted by Gasteiger charge is 2.60. The Balaban J connectivity index is 1.59.